The lowest BCUT2D eigenvalue weighted by Crippen LogP contribution is -2.20. The Balaban J connectivity index is 1.47. The molecule has 180 valence electrons. The lowest BCUT2D eigenvalue weighted by atomic mass is 10.1. The molecule has 8 nitrogen and oxygen atoms in total. The molecule has 35 heavy (non-hydrogen) atoms. The summed E-state index contributed by atoms with van der Waals surface area (Å²) in [6, 6.07) is 15.5. The first-order valence-corrected chi connectivity index (χ1v) is 10.3. The summed E-state index contributed by atoms with van der Waals surface area (Å²) in [4.78, 5) is 24.1. The molecule has 0 aliphatic heterocycles. The van der Waals surface area contributed by atoms with Gasteiger partial charge in [0.25, 0.3) is 0 Å². The molecule has 0 aliphatic carbocycles. The molecular weight excluding hydrogens is 465 g/mol. The number of ether oxygens (including phenoxy) is 2. The molecule has 11 heteroatoms. The number of carbonyl (C=O) groups is 2. The number of anilines is 2. The van der Waals surface area contributed by atoms with Gasteiger partial charge in [-0.2, -0.15) is 18.3 Å². The number of H-pyrrole nitrogens is 1. The second-order valence-corrected chi connectivity index (χ2v) is 7.37. The van der Waals surface area contributed by atoms with E-state index in [9.17, 15) is 22.8 Å². The number of nitrogens with one attached hydrogen (secondary N) is 3. The van der Waals surface area contributed by atoms with Gasteiger partial charge in [-0.1, -0.05) is 24.3 Å². The van der Waals surface area contributed by atoms with E-state index in [-0.39, 0.29) is 23.6 Å². The van der Waals surface area contributed by atoms with Crippen LogP contribution in [0.25, 0.3) is 10.9 Å². The summed E-state index contributed by atoms with van der Waals surface area (Å²) in [5, 5.41) is 12.5. The molecule has 3 aromatic carbocycles. The standard InChI is InChI=1S/C24H19F3N4O4/c1-34-22(32)14-6-4-7-16(11-14)28-23(33)29-21-18-12-17(9-10-20(18)30-31-21)35-13-15-5-2-3-8-19(15)24(25,26)27/h2-12H,13H2,1H3,(H3,28,29,30,31,33). The molecule has 0 bridgehead atoms. The molecule has 0 fully saturated rings. The molecule has 1 aromatic heterocycles. The van der Waals surface area contributed by atoms with Crippen LogP contribution >= 0.6 is 0 Å². The smallest absolute Gasteiger partial charge is 0.416 e. The third kappa shape index (κ3) is 5.52. The predicted molar refractivity (Wildman–Crippen MR) is 122 cm³/mol. The third-order valence-corrected chi connectivity index (χ3v) is 5.02. The van der Waals surface area contributed by atoms with E-state index in [2.05, 4.69) is 25.6 Å². The van der Waals surface area contributed by atoms with Crippen molar-refractivity contribution in [3.63, 3.8) is 0 Å². The maximum Gasteiger partial charge on any atom is 0.416 e. The van der Waals surface area contributed by atoms with E-state index in [1.807, 2.05) is 0 Å². The Bertz CT molecular complexity index is 1380. The Kier molecular flexibility index (Phi) is 6.58. The number of methoxy groups -OCH3 is 1. The van der Waals surface area contributed by atoms with Crippen molar-refractivity contribution in [1.82, 2.24) is 10.2 Å². The predicted octanol–water partition coefficient (Wildman–Crippen LogP) is 5.59. The average molecular weight is 484 g/mol. The Morgan fingerprint density at radius 3 is 2.57 bits per heavy atom. The van der Waals surface area contributed by atoms with Gasteiger partial charge in [-0.3, -0.25) is 10.4 Å². The Morgan fingerprint density at radius 2 is 1.80 bits per heavy atom. The van der Waals surface area contributed by atoms with E-state index >= 15 is 0 Å². The number of urea groups is 1. The molecule has 0 saturated carbocycles. The summed E-state index contributed by atoms with van der Waals surface area (Å²) in [5.41, 5.74) is 0.442. The number of hydrogen-bond donors (Lipinski definition) is 3. The van der Waals surface area contributed by atoms with Crippen LogP contribution in [0.15, 0.2) is 66.7 Å². The molecule has 4 aromatic rings. The van der Waals surface area contributed by atoms with E-state index in [4.69, 9.17) is 4.74 Å². The van der Waals surface area contributed by atoms with E-state index in [1.165, 1.54) is 31.4 Å². The van der Waals surface area contributed by atoms with Crippen molar-refractivity contribution in [2.24, 2.45) is 0 Å². The molecule has 3 N–H and O–H groups in total. The monoisotopic (exact) mass is 484 g/mol. The summed E-state index contributed by atoms with van der Waals surface area (Å²) in [6.45, 7) is -0.293. The van der Waals surface area contributed by atoms with Crippen molar-refractivity contribution in [2.45, 2.75) is 12.8 Å². The van der Waals surface area contributed by atoms with Crippen LogP contribution in [0.1, 0.15) is 21.5 Å². The first-order chi connectivity index (χ1) is 16.7. The molecule has 4 rings (SSSR count). The highest BCUT2D eigenvalue weighted by atomic mass is 19.4. The van der Waals surface area contributed by atoms with Crippen molar-refractivity contribution in [3.05, 3.63) is 83.4 Å². The molecule has 0 atom stereocenters. The highest BCUT2D eigenvalue weighted by Crippen LogP contribution is 2.33. The summed E-state index contributed by atoms with van der Waals surface area (Å²) in [6.07, 6.45) is -4.49. The number of alkyl halides is 3. The Hall–Kier alpha value is -4.54. The fourth-order valence-corrected chi connectivity index (χ4v) is 3.37. The van der Waals surface area contributed by atoms with Crippen LogP contribution in [0.5, 0.6) is 5.75 Å². The number of nitrogens with zero attached hydrogens (tertiary/aromatic N) is 1. The fourth-order valence-electron chi connectivity index (χ4n) is 3.37. The summed E-state index contributed by atoms with van der Waals surface area (Å²) >= 11 is 0. The molecule has 0 aliphatic rings. The number of aromatic nitrogens is 2. The topological polar surface area (TPSA) is 105 Å². The average Bonchev–Trinajstić information content (AvgIpc) is 3.23. The minimum atomic E-state index is -4.49. The lowest BCUT2D eigenvalue weighted by Gasteiger charge is -2.13. The number of amides is 2. The molecule has 0 saturated heterocycles. The Morgan fingerprint density at radius 1 is 1.00 bits per heavy atom. The number of esters is 1. The molecule has 0 spiro atoms. The second kappa shape index (κ2) is 9.75. The highest BCUT2D eigenvalue weighted by Gasteiger charge is 2.33. The van der Waals surface area contributed by atoms with Gasteiger partial charge in [0.15, 0.2) is 5.82 Å². The van der Waals surface area contributed by atoms with Crippen LogP contribution in [0.2, 0.25) is 0 Å². The molecule has 0 unspecified atom stereocenters. The summed E-state index contributed by atoms with van der Waals surface area (Å²) < 4.78 is 49.9. The number of halogens is 3. The van der Waals surface area contributed by atoms with Crippen molar-refractivity contribution in [1.29, 1.82) is 0 Å². The second-order valence-electron chi connectivity index (χ2n) is 7.37. The van der Waals surface area contributed by atoms with Crippen molar-refractivity contribution < 1.29 is 32.2 Å². The highest BCUT2D eigenvalue weighted by molar-refractivity contribution is 6.05. The van der Waals surface area contributed by atoms with Gasteiger partial charge in [-0.15, -0.1) is 0 Å². The quantitative estimate of drug-likeness (QED) is 0.310. The SMILES string of the molecule is COC(=O)c1cccc(NC(=O)Nc2n[nH]c3ccc(OCc4ccccc4C(F)(F)F)cc23)c1. The van der Waals surface area contributed by atoms with Gasteiger partial charge >= 0.3 is 18.2 Å². The van der Waals surface area contributed by atoms with Crippen LogP contribution in [-0.4, -0.2) is 29.3 Å². The fraction of sp³-hybridized carbons (Fsp3) is 0.125. The number of aromatic amines is 1. The lowest BCUT2D eigenvalue weighted by molar-refractivity contribution is -0.138. The van der Waals surface area contributed by atoms with Crippen molar-refractivity contribution in [3.8, 4) is 5.75 Å². The third-order valence-electron chi connectivity index (χ3n) is 5.02. The summed E-state index contributed by atoms with van der Waals surface area (Å²) in [7, 11) is 1.25. The molecular formula is C24H19F3N4O4. The van der Waals surface area contributed by atoms with E-state index in [0.717, 1.165) is 6.07 Å². The largest absolute Gasteiger partial charge is 0.489 e. The van der Waals surface area contributed by atoms with Crippen LogP contribution in [0, 0.1) is 0 Å². The van der Waals surface area contributed by atoms with Gasteiger partial charge in [0.05, 0.1) is 23.8 Å². The maximum absolute atomic E-state index is 13.2. The minimum absolute atomic E-state index is 0.000739. The molecule has 0 radical (unpaired) electrons. The van der Waals surface area contributed by atoms with Gasteiger partial charge < -0.3 is 14.8 Å². The zero-order chi connectivity index (χ0) is 25.0. The van der Waals surface area contributed by atoms with Crippen LogP contribution in [-0.2, 0) is 17.5 Å². The summed E-state index contributed by atoms with van der Waals surface area (Å²) in [5.74, 6) is -0.0642. The van der Waals surface area contributed by atoms with E-state index < -0.39 is 23.7 Å². The van der Waals surface area contributed by atoms with Gasteiger partial charge in [0, 0.05) is 16.6 Å². The van der Waals surface area contributed by atoms with Crippen molar-refractivity contribution in [2.75, 3.05) is 17.7 Å². The van der Waals surface area contributed by atoms with Crippen LogP contribution in [0.3, 0.4) is 0 Å². The number of benzene rings is 3. The molecule has 1 heterocycles. The maximum atomic E-state index is 13.2. The van der Waals surface area contributed by atoms with Gasteiger partial charge in [0.2, 0.25) is 0 Å². The first kappa shape index (κ1) is 23.6. The number of carbonyl (C=O) groups excluding carboxylic acids is 2. The first-order valence-electron chi connectivity index (χ1n) is 10.3. The minimum Gasteiger partial charge on any atom is -0.489 e. The number of hydrogen-bond acceptors (Lipinski definition) is 5. The zero-order valence-electron chi connectivity index (χ0n) is 18.3. The molecule has 2 amide bonds. The zero-order valence-corrected chi connectivity index (χ0v) is 18.3. The van der Waals surface area contributed by atoms with E-state index in [1.54, 1.807) is 36.4 Å². The van der Waals surface area contributed by atoms with E-state index in [0.29, 0.717) is 22.3 Å². The van der Waals surface area contributed by atoms with Crippen LogP contribution < -0.4 is 15.4 Å². The Labute approximate surface area is 197 Å². The van der Waals surface area contributed by atoms with Gasteiger partial charge in [0.1, 0.15) is 12.4 Å². The van der Waals surface area contributed by atoms with Crippen molar-refractivity contribution >= 4 is 34.4 Å². The number of fused-ring (bicyclic) bond motifs is 1. The number of rotatable bonds is 6. The van der Waals surface area contributed by atoms with Gasteiger partial charge in [-0.05, 0) is 42.5 Å². The normalized spacial score (nSPS) is 11.2. The van der Waals surface area contributed by atoms with Gasteiger partial charge in [-0.25, -0.2) is 9.59 Å². The van der Waals surface area contributed by atoms with Crippen LogP contribution in [0.4, 0.5) is 29.5 Å².